The second-order valence-electron chi connectivity index (χ2n) is 7.42. The number of carbonyl (C=O) groups is 2. The first-order chi connectivity index (χ1) is 16.2. The molecule has 0 heterocycles. The minimum absolute atomic E-state index is 0.00848. The molecule has 0 fully saturated rings. The van der Waals surface area contributed by atoms with E-state index in [0.717, 1.165) is 11.6 Å². The minimum Gasteiger partial charge on any atom is -0.353 e. The fourth-order valence-corrected chi connectivity index (χ4v) is 4.04. The van der Waals surface area contributed by atoms with Gasteiger partial charge in [-0.05, 0) is 42.8 Å². The first kappa shape index (κ1) is 25.0. The number of aryl methyl sites for hydroxylation is 1. The van der Waals surface area contributed by atoms with Gasteiger partial charge in [0.2, 0.25) is 15.9 Å². The van der Waals surface area contributed by atoms with Crippen molar-refractivity contribution in [1.82, 2.24) is 15.4 Å². The zero-order chi connectivity index (χ0) is 24.7. The Hall–Kier alpha value is -3.63. The van der Waals surface area contributed by atoms with Crippen LogP contribution >= 0.6 is 0 Å². The topological polar surface area (TPSA) is 104 Å². The summed E-state index contributed by atoms with van der Waals surface area (Å²) in [5, 5.41) is 4.92. The van der Waals surface area contributed by atoms with Crippen LogP contribution in [0, 0.1) is 18.6 Å². The summed E-state index contributed by atoms with van der Waals surface area (Å²) in [5.41, 5.74) is 1.21. The summed E-state index contributed by atoms with van der Waals surface area (Å²) < 4.78 is 54.8. The molecule has 178 valence electrons. The molecule has 0 bridgehead atoms. The molecule has 10 heteroatoms. The smallest absolute Gasteiger partial charge is 0.254 e. The molecule has 0 aliphatic heterocycles. The number of halogens is 2. The van der Waals surface area contributed by atoms with Gasteiger partial charge in [0.25, 0.3) is 5.91 Å². The monoisotopic (exact) mass is 487 g/mol. The molecule has 0 radical (unpaired) electrons. The van der Waals surface area contributed by atoms with E-state index in [9.17, 15) is 26.8 Å². The number of carbonyl (C=O) groups excluding carboxylic acids is 2. The fourth-order valence-electron chi connectivity index (χ4n) is 3.06. The average molecular weight is 488 g/mol. The normalized spacial score (nSPS) is 11.1. The van der Waals surface area contributed by atoms with Gasteiger partial charge >= 0.3 is 0 Å². The number of hydrogen-bond acceptors (Lipinski definition) is 4. The van der Waals surface area contributed by atoms with Crippen molar-refractivity contribution in [3.63, 3.8) is 0 Å². The van der Waals surface area contributed by atoms with Crippen molar-refractivity contribution in [2.45, 2.75) is 11.8 Å². The Morgan fingerprint density at radius 3 is 2.24 bits per heavy atom. The van der Waals surface area contributed by atoms with Crippen LogP contribution in [0.25, 0.3) is 11.1 Å². The van der Waals surface area contributed by atoms with Gasteiger partial charge in [0.15, 0.2) is 0 Å². The molecule has 2 amide bonds. The molecule has 0 saturated heterocycles. The van der Waals surface area contributed by atoms with E-state index in [1.165, 1.54) is 42.5 Å². The third-order valence-electron chi connectivity index (χ3n) is 4.88. The third kappa shape index (κ3) is 6.46. The van der Waals surface area contributed by atoms with Crippen molar-refractivity contribution in [3.8, 4) is 11.1 Å². The van der Waals surface area contributed by atoms with Crippen molar-refractivity contribution in [3.05, 3.63) is 89.5 Å². The highest BCUT2D eigenvalue weighted by Crippen LogP contribution is 2.24. The van der Waals surface area contributed by atoms with Crippen LogP contribution in [0.2, 0.25) is 0 Å². The van der Waals surface area contributed by atoms with Crippen molar-refractivity contribution in [1.29, 1.82) is 0 Å². The van der Waals surface area contributed by atoms with E-state index in [-0.39, 0.29) is 29.1 Å². The first-order valence-corrected chi connectivity index (χ1v) is 11.8. The van der Waals surface area contributed by atoms with Crippen molar-refractivity contribution in [2.75, 3.05) is 19.6 Å². The lowest BCUT2D eigenvalue weighted by Crippen LogP contribution is -2.40. The second kappa shape index (κ2) is 11.0. The molecular formula is C24H23F2N3O4S. The Balaban J connectivity index is 1.49. The standard InChI is InChI=1S/C24H23F2N3O4S/c1-16-6-9-18(10-7-16)34(32,33)29-15-23(30)27-12-13-28-24(31)20-14-17(8-11-22(20)26)19-4-2-3-5-21(19)25/h2-11,14,29H,12-13,15H2,1H3,(H,27,30)(H,28,31). The summed E-state index contributed by atoms with van der Waals surface area (Å²) in [5.74, 6) is -2.60. The third-order valence-corrected chi connectivity index (χ3v) is 6.30. The van der Waals surface area contributed by atoms with E-state index in [1.54, 1.807) is 18.2 Å². The van der Waals surface area contributed by atoms with Crippen molar-refractivity contribution in [2.24, 2.45) is 0 Å². The summed E-state index contributed by atoms with van der Waals surface area (Å²) >= 11 is 0. The lowest BCUT2D eigenvalue weighted by atomic mass is 10.0. The number of rotatable bonds is 9. The van der Waals surface area contributed by atoms with Gasteiger partial charge in [-0.1, -0.05) is 42.0 Å². The van der Waals surface area contributed by atoms with E-state index in [4.69, 9.17) is 0 Å². The molecule has 3 aromatic carbocycles. The van der Waals surface area contributed by atoms with E-state index < -0.39 is 40.0 Å². The van der Waals surface area contributed by atoms with Crippen molar-refractivity contribution < 1.29 is 26.8 Å². The average Bonchev–Trinajstić information content (AvgIpc) is 2.81. The lowest BCUT2D eigenvalue weighted by Gasteiger charge is -2.10. The fraction of sp³-hybridized carbons (Fsp3) is 0.167. The zero-order valence-corrected chi connectivity index (χ0v) is 19.1. The van der Waals surface area contributed by atoms with Crippen LogP contribution in [-0.4, -0.2) is 39.9 Å². The molecule has 3 N–H and O–H groups in total. The van der Waals surface area contributed by atoms with Gasteiger partial charge < -0.3 is 10.6 Å². The maximum absolute atomic E-state index is 14.2. The highest BCUT2D eigenvalue weighted by atomic mass is 32.2. The van der Waals surface area contributed by atoms with Gasteiger partial charge in [-0.3, -0.25) is 9.59 Å². The van der Waals surface area contributed by atoms with Crippen LogP contribution in [0.5, 0.6) is 0 Å². The molecule has 0 atom stereocenters. The lowest BCUT2D eigenvalue weighted by molar-refractivity contribution is -0.119. The Morgan fingerprint density at radius 1 is 0.853 bits per heavy atom. The highest BCUT2D eigenvalue weighted by Gasteiger charge is 2.16. The van der Waals surface area contributed by atoms with Gasteiger partial charge in [-0.2, -0.15) is 0 Å². The quantitative estimate of drug-likeness (QED) is 0.404. The highest BCUT2D eigenvalue weighted by molar-refractivity contribution is 7.89. The number of benzene rings is 3. The summed E-state index contributed by atoms with van der Waals surface area (Å²) in [6.07, 6.45) is 0. The van der Waals surface area contributed by atoms with Gasteiger partial charge in [-0.15, -0.1) is 0 Å². The molecule has 7 nitrogen and oxygen atoms in total. The summed E-state index contributed by atoms with van der Waals surface area (Å²) in [6, 6.07) is 15.8. The predicted molar refractivity (Wildman–Crippen MR) is 124 cm³/mol. The molecule has 0 aromatic heterocycles. The van der Waals surface area contributed by atoms with Crippen LogP contribution in [0.15, 0.2) is 71.6 Å². The molecule has 0 saturated carbocycles. The van der Waals surface area contributed by atoms with Gasteiger partial charge in [0, 0.05) is 18.7 Å². The van der Waals surface area contributed by atoms with Crippen LogP contribution in [-0.2, 0) is 14.8 Å². The Morgan fingerprint density at radius 2 is 1.53 bits per heavy atom. The Bertz CT molecular complexity index is 1300. The first-order valence-electron chi connectivity index (χ1n) is 10.3. The SMILES string of the molecule is Cc1ccc(S(=O)(=O)NCC(=O)NCCNC(=O)c2cc(-c3ccccc3F)ccc2F)cc1. The van der Waals surface area contributed by atoms with E-state index in [1.807, 2.05) is 6.92 Å². The summed E-state index contributed by atoms with van der Waals surface area (Å²) in [6.45, 7) is 1.30. The summed E-state index contributed by atoms with van der Waals surface area (Å²) in [7, 11) is -3.84. The number of nitrogens with one attached hydrogen (secondary N) is 3. The largest absolute Gasteiger partial charge is 0.353 e. The van der Waals surface area contributed by atoms with Gasteiger partial charge in [-0.25, -0.2) is 21.9 Å². The zero-order valence-electron chi connectivity index (χ0n) is 18.3. The molecule has 0 aliphatic rings. The summed E-state index contributed by atoms with van der Waals surface area (Å²) in [4.78, 5) is 24.3. The Labute approximate surface area is 196 Å². The second-order valence-corrected chi connectivity index (χ2v) is 9.18. The van der Waals surface area contributed by atoms with Crippen LogP contribution in [0.1, 0.15) is 15.9 Å². The van der Waals surface area contributed by atoms with Crippen LogP contribution in [0.4, 0.5) is 8.78 Å². The molecule has 3 aromatic rings. The minimum atomic E-state index is -3.84. The van der Waals surface area contributed by atoms with E-state index >= 15 is 0 Å². The Kier molecular flexibility index (Phi) is 8.08. The molecule has 0 unspecified atom stereocenters. The molecule has 3 rings (SSSR count). The van der Waals surface area contributed by atoms with E-state index in [2.05, 4.69) is 15.4 Å². The molecular weight excluding hydrogens is 464 g/mol. The maximum Gasteiger partial charge on any atom is 0.254 e. The number of sulfonamides is 1. The van der Waals surface area contributed by atoms with Gasteiger partial charge in [0.05, 0.1) is 17.0 Å². The number of amides is 2. The number of hydrogen-bond donors (Lipinski definition) is 3. The van der Waals surface area contributed by atoms with Crippen LogP contribution in [0.3, 0.4) is 0 Å². The van der Waals surface area contributed by atoms with Gasteiger partial charge in [0.1, 0.15) is 11.6 Å². The molecule has 0 aliphatic carbocycles. The maximum atomic E-state index is 14.2. The molecule has 0 spiro atoms. The molecule has 34 heavy (non-hydrogen) atoms. The van der Waals surface area contributed by atoms with Crippen LogP contribution < -0.4 is 15.4 Å². The predicted octanol–water partition coefficient (Wildman–Crippen LogP) is 2.76. The van der Waals surface area contributed by atoms with E-state index in [0.29, 0.717) is 5.56 Å². The van der Waals surface area contributed by atoms with Crippen molar-refractivity contribution >= 4 is 21.8 Å².